The highest BCUT2D eigenvalue weighted by molar-refractivity contribution is 5.80. The van der Waals surface area contributed by atoms with Crippen molar-refractivity contribution in [2.75, 3.05) is 6.54 Å². The minimum atomic E-state index is -1.03. The van der Waals surface area contributed by atoms with E-state index in [1.165, 1.54) is 30.7 Å². The molecule has 20 heavy (non-hydrogen) atoms. The molecule has 0 saturated heterocycles. The van der Waals surface area contributed by atoms with Gasteiger partial charge in [-0.3, -0.25) is 9.59 Å². The van der Waals surface area contributed by atoms with Gasteiger partial charge in [-0.05, 0) is 36.5 Å². The summed E-state index contributed by atoms with van der Waals surface area (Å²) in [6.45, 7) is 0.0342. The predicted molar refractivity (Wildman–Crippen MR) is 71.7 cm³/mol. The smallest absolute Gasteiger partial charge is 0.312 e. The monoisotopic (exact) mass is 279 g/mol. The van der Waals surface area contributed by atoms with Crippen LogP contribution in [0.2, 0.25) is 0 Å². The SMILES string of the molecule is O=C(CC1CCC1)NCC(C(=O)O)c1ccc(F)cc1. The van der Waals surface area contributed by atoms with E-state index >= 15 is 0 Å². The van der Waals surface area contributed by atoms with Gasteiger partial charge in [0, 0.05) is 13.0 Å². The molecule has 4 nitrogen and oxygen atoms in total. The molecule has 0 heterocycles. The maximum atomic E-state index is 12.8. The number of carboxylic acid groups (broad SMARTS) is 1. The molecule has 108 valence electrons. The fourth-order valence-electron chi connectivity index (χ4n) is 2.29. The molecule has 1 aliphatic rings. The molecule has 1 saturated carbocycles. The van der Waals surface area contributed by atoms with E-state index in [0.29, 0.717) is 17.9 Å². The molecule has 1 atom stereocenters. The van der Waals surface area contributed by atoms with Crippen molar-refractivity contribution in [2.24, 2.45) is 5.92 Å². The molecule has 1 fully saturated rings. The number of hydrogen-bond donors (Lipinski definition) is 2. The Kier molecular flexibility index (Phi) is 4.71. The standard InChI is InChI=1S/C15H18FNO3/c16-12-6-4-11(5-7-12)13(15(19)20)9-17-14(18)8-10-2-1-3-10/h4-7,10,13H,1-3,8-9H2,(H,17,18)(H,19,20). The summed E-state index contributed by atoms with van der Waals surface area (Å²) in [4.78, 5) is 22.9. The first-order valence-electron chi connectivity index (χ1n) is 6.81. The number of carboxylic acids is 1. The molecule has 1 aromatic carbocycles. The van der Waals surface area contributed by atoms with Crippen molar-refractivity contribution in [3.63, 3.8) is 0 Å². The molecule has 1 aromatic rings. The fraction of sp³-hybridized carbons (Fsp3) is 0.467. The van der Waals surface area contributed by atoms with Crippen molar-refractivity contribution >= 4 is 11.9 Å². The summed E-state index contributed by atoms with van der Waals surface area (Å²) in [5, 5.41) is 11.9. The maximum Gasteiger partial charge on any atom is 0.312 e. The van der Waals surface area contributed by atoms with E-state index in [9.17, 15) is 19.1 Å². The van der Waals surface area contributed by atoms with Crippen LogP contribution in [0.5, 0.6) is 0 Å². The number of carbonyl (C=O) groups excluding carboxylic acids is 1. The van der Waals surface area contributed by atoms with Crippen molar-refractivity contribution in [1.82, 2.24) is 5.32 Å². The lowest BCUT2D eigenvalue weighted by Crippen LogP contribution is -2.33. The lowest BCUT2D eigenvalue weighted by molar-refractivity contribution is -0.138. The molecule has 0 bridgehead atoms. The van der Waals surface area contributed by atoms with Gasteiger partial charge in [0.2, 0.25) is 5.91 Å². The second-order valence-electron chi connectivity index (χ2n) is 5.25. The number of amides is 1. The fourth-order valence-corrected chi connectivity index (χ4v) is 2.29. The van der Waals surface area contributed by atoms with Crippen LogP contribution in [0.25, 0.3) is 0 Å². The van der Waals surface area contributed by atoms with Gasteiger partial charge in [0.05, 0.1) is 5.92 Å². The predicted octanol–water partition coefficient (Wildman–Crippen LogP) is 2.30. The Bertz CT molecular complexity index is 482. The van der Waals surface area contributed by atoms with E-state index < -0.39 is 17.7 Å². The average Bonchev–Trinajstić information content (AvgIpc) is 2.36. The molecule has 2 N–H and O–H groups in total. The van der Waals surface area contributed by atoms with Crippen LogP contribution in [0, 0.1) is 11.7 Å². The zero-order valence-electron chi connectivity index (χ0n) is 11.1. The van der Waals surface area contributed by atoms with Crippen molar-refractivity contribution in [3.8, 4) is 0 Å². The minimum Gasteiger partial charge on any atom is -0.481 e. The van der Waals surface area contributed by atoms with E-state index in [4.69, 9.17) is 0 Å². The molecular weight excluding hydrogens is 261 g/mol. The van der Waals surface area contributed by atoms with Gasteiger partial charge in [-0.15, -0.1) is 0 Å². The number of carbonyl (C=O) groups is 2. The van der Waals surface area contributed by atoms with E-state index in [0.717, 1.165) is 12.8 Å². The van der Waals surface area contributed by atoms with Crippen LogP contribution in [0.4, 0.5) is 4.39 Å². The Morgan fingerprint density at radius 1 is 1.30 bits per heavy atom. The van der Waals surface area contributed by atoms with E-state index in [2.05, 4.69) is 5.32 Å². The van der Waals surface area contributed by atoms with Gasteiger partial charge in [-0.1, -0.05) is 18.6 Å². The summed E-state index contributed by atoms with van der Waals surface area (Å²) >= 11 is 0. The highest BCUT2D eigenvalue weighted by atomic mass is 19.1. The maximum absolute atomic E-state index is 12.8. The van der Waals surface area contributed by atoms with E-state index in [-0.39, 0.29) is 12.5 Å². The summed E-state index contributed by atoms with van der Waals surface area (Å²) in [5.74, 6) is -1.94. The van der Waals surface area contributed by atoms with Crippen LogP contribution < -0.4 is 5.32 Å². The van der Waals surface area contributed by atoms with Gasteiger partial charge in [0.1, 0.15) is 5.82 Å². The molecule has 1 unspecified atom stereocenters. The molecule has 1 amide bonds. The molecule has 0 spiro atoms. The van der Waals surface area contributed by atoms with Crippen LogP contribution in [0.1, 0.15) is 37.2 Å². The average molecular weight is 279 g/mol. The molecule has 2 rings (SSSR count). The summed E-state index contributed by atoms with van der Waals surface area (Å²) < 4.78 is 12.8. The Labute approximate surface area is 117 Å². The zero-order chi connectivity index (χ0) is 14.5. The van der Waals surface area contributed by atoms with Crippen molar-refractivity contribution in [3.05, 3.63) is 35.6 Å². The second kappa shape index (κ2) is 6.50. The van der Waals surface area contributed by atoms with Gasteiger partial charge in [-0.25, -0.2) is 4.39 Å². The van der Waals surface area contributed by atoms with Gasteiger partial charge in [-0.2, -0.15) is 0 Å². The highest BCUT2D eigenvalue weighted by Crippen LogP contribution is 2.29. The van der Waals surface area contributed by atoms with Crippen molar-refractivity contribution < 1.29 is 19.1 Å². The first-order valence-corrected chi connectivity index (χ1v) is 6.81. The van der Waals surface area contributed by atoms with Crippen LogP contribution in [-0.4, -0.2) is 23.5 Å². The number of benzene rings is 1. The van der Waals surface area contributed by atoms with Gasteiger partial charge < -0.3 is 10.4 Å². The summed E-state index contributed by atoms with van der Waals surface area (Å²) in [6, 6.07) is 5.32. The zero-order valence-corrected chi connectivity index (χ0v) is 11.1. The highest BCUT2D eigenvalue weighted by Gasteiger charge is 2.23. The first-order chi connectivity index (χ1) is 9.56. The van der Waals surface area contributed by atoms with Gasteiger partial charge in [0.25, 0.3) is 0 Å². The van der Waals surface area contributed by atoms with Crippen LogP contribution in [0.3, 0.4) is 0 Å². The number of rotatable bonds is 6. The molecule has 0 aliphatic heterocycles. The first kappa shape index (κ1) is 14.5. The van der Waals surface area contributed by atoms with Crippen molar-refractivity contribution in [2.45, 2.75) is 31.6 Å². The Morgan fingerprint density at radius 3 is 2.45 bits per heavy atom. The van der Waals surface area contributed by atoms with Gasteiger partial charge in [0.15, 0.2) is 0 Å². The Balaban J connectivity index is 1.90. The van der Waals surface area contributed by atoms with Crippen molar-refractivity contribution in [1.29, 1.82) is 0 Å². The largest absolute Gasteiger partial charge is 0.481 e. The second-order valence-corrected chi connectivity index (χ2v) is 5.25. The van der Waals surface area contributed by atoms with Crippen LogP contribution in [-0.2, 0) is 9.59 Å². The van der Waals surface area contributed by atoms with E-state index in [1.54, 1.807) is 0 Å². The number of aliphatic carboxylic acids is 1. The summed E-state index contributed by atoms with van der Waals surface area (Å²) in [5.41, 5.74) is 0.489. The molecule has 0 aromatic heterocycles. The van der Waals surface area contributed by atoms with Crippen LogP contribution >= 0.6 is 0 Å². The molecule has 0 radical (unpaired) electrons. The lowest BCUT2D eigenvalue weighted by atomic mass is 9.83. The van der Waals surface area contributed by atoms with E-state index in [1.807, 2.05) is 0 Å². The normalized spacial score (nSPS) is 16.2. The molecule has 1 aliphatic carbocycles. The third kappa shape index (κ3) is 3.79. The quantitative estimate of drug-likeness (QED) is 0.839. The summed E-state index contributed by atoms with van der Waals surface area (Å²) in [7, 11) is 0. The number of halogens is 1. The van der Waals surface area contributed by atoms with Gasteiger partial charge >= 0.3 is 5.97 Å². The Morgan fingerprint density at radius 2 is 1.95 bits per heavy atom. The third-order valence-corrected chi connectivity index (χ3v) is 3.77. The third-order valence-electron chi connectivity index (χ3n) is 3.77. The minimum absolute atomic E-state index is 0.0342. The number of hydrogen-bond acceptors (Lipinski definition) is 2. The molecular formula is C15H18FNO3. The molecule has 5 heteroatoms. The summed E-state index contributed by atoms with van der Waals surface area (Å²) in [6.07, 6.45) is 3.79. The number of nitrogens with one attached hydrogen (secondary N) is 1. The lowest BCUT2D eigenvalue weighted by Gasteiger charge is -2.24. The Hall–Kier alpha value is -1.91. The van der Waals surface area contributed by atoms with Crippen LogP contribution in [0.15, 0.2) is 24.3 Å². The topological polar surface area (TPSA) is 66.4 Å².